The van der Waals surface area contributed by atoms with Gasteiger partial charge in [0.25, 0.3) is 0 Å². The van der Waals surface area contributed by atoms with Crippen LogP contribution in [0.4, 0.5) is 0 Å². The van der Waals surface area contributed by atoms with Crippen LogP contribution in [-0.4, -0.2) is 48.4 Å². The molecule has 1 spiro atoms. The molecule has 0 aromatic heterocycles. The fourth-order valence-corrected chi connectivity index (χ4v) is 4.47. The molecule has 0 bridgehead atoms. The number of carbonyl (C=O) groups excluding carboxylic acids is 3. The summed E-state index contributed by atoms with van der Waals surface area (Å²) in [6.45, 7) is 5.03. The molecule has 6 heteroatoms. The summed E-state index contributed by atoms with van der Waals surface area (Å²) in [6, 6.07) is 10.8. The lowest BCUT2D eigenvalue weighted by Crippen LogP contribution is -2.52. The number of nitrogens with zero attached hydrogens (tertiary/aromatic N) is 1. The van der Waals surface area contributed by atoms with Crippen LogP contribution in [0.15, 0.2) is 42.5 Å². The van der Waals surface area contributed by atoms with Crippen molar-refractivity contribution >= 4 is 23.7 Å². The first-order chi connectivity index (χ1) is 15.3. The Labute approximate surface area is 187 Å². The second-order valence-corrected chi connectivity index (χ2v) is 8.62. The number of carbonyl (C=O) groups is 3. The summed E-state index contributed by atoms with van der Waals surface area (Å²) in [6.07, 6.45) is 4.88. The van der Waals surface area contributed by atoms with Crippen molar-refractivity contribution in [2.45, 2.75) is 38.7 Å². The number of methoxy groups -OCH3 is 1. The zero-order chi connectivity index (χ0) is 22.9. The monoisotopic (exact) mass is 433 g/mol. The Morgan fingerprint density at radius 1 is 1.09 bits per heavy atom. The predicted molar refractivity (Wildman–Crippen MR) is 121 cm³/mol. The van der Waals surface area contributed by atoms with Gasteiger partial charge in [0.15, 0.2) is 5.78 Å². The van der Waals surface area contributed by atoms with E-state index in [1.165, 1.54) is 7.11 Å². The van der Waals surface area contributed by atoms with Gasteiger partial charge in [0, 0.05) is 32.0 Å². The molecule has 1 fully saturated rings. The third kappa shape index (κ3) is 4.31. The van der Waals surface area contributed by atoms with Gasteiger partial charge in [-0.1, -0.05) is 18.2 Å². The van der Waals surface area contributed by atoms with E-state index >= 15 is 0 Å². The Morgan fingerprint density at radius 2 is 1.78 bits per heavy atom. The first kappa shape index (κ1) is 21.8. The molecule has 0 saturated carbocycles. The van der Waals surface area contributed by atoms with Gasteiger partial charge < -0.3 is 14.4 Å². The molecule has 0 unspecified atom stereocenters. The standard InChI is InChI=1S/C26H27NO5/c1-17-14-18(2)24-21(15-17)22(28)16-26(32-24)10-12-27(13-11-26)23(29)9-6-19-4-7-20(8-5-19)25(30)31-3/h4-9,14-15H,10-13,16H2,1-3H3/b9-6+. The number of likely N-dealkylation sites (tertiary alicyclic amines) is 1. The highest BCUT2D eigenvalue weighted by Crippen LogP contribution is 2.41. The van der Waals surface area contributed by atoms with Crippen LogP contribution in [-0.2, 0) is 9.53 Å². The summed E-state index contributed by atoms with van der Waals surface area (Å²) in [5.41, 5.74) is 3.46. The van der Waals surface area contributed by atoms with E-state index in [2.05, 4.69) is 4.74 Å². The average Bonchev–Trinajstić information content (AvgIpc) is 2.79. The second-order valence-electron chi connectivity index (χ2n) is 8.62. The minimum Gasteiger partial charge on any atom is -0.486 e. The molecule has 0 radical (unpaired) electrons. The van der Waals surface area contributed by atoms with E-state index in [9.17, 15) is 14.4 Å². The van der Waals surface area contributed by atoms with Gasteiger partial charge in [-0.2, -0.15) is 0 Å². The van der Waals surface area contributed by atoms with Crippen LogP contribution in [0.2, 0.25) is 0 Å². The number of benzene rings is 2. The largest absolute Gasteiger partial charge is 0.486 e. The van der Waals surface area contributed by atoms with E-state index in [0.717, 1.165) is 16.7 Å². The van der Waals surface area contributed by atoms with E-state index in [0.29, 0.717) is 49.2 Å². The van der Waals surface area contributed by atoms with E-state index in [-0.39, 0.29) is 11.7 Å². The van der Waals surface area contributed by atoms with Gasteiger partial charge in [-0.15, -0.1) is 0 Å². The lowest BCUT2D eigenvalue weighted by atomic mass is 9.81. The molecule has 6 nitrogen and oxygen atoms in total. The zero-order valence-corrected chi connectivity index (χ0v) is 18.6. The molecule has 0 atom stereocenters. The van der Waals surface area contributed by atoms with Gasteiger partial charge in [0.2, 0.25) is 5.91 Å². The maximum Gasteiger partial charge on any atom is 0.337 e. The van der Waals surface area contributed by atoms with Crippen LogP contribution in [0.3, 0.4) is 0 Å². The highest BCUT2D eigenvalue weighted by Gasteiger charge is 2.44. The van der Waals surface area contributed by atoms with Crippen molar-refractivity contribution in [1.29, 1.82) is 0 Å². The molecule has 2 heterocycles. The van der Waals surface area contributed by atoms with Crippen molar-refractivity contribution in [2.75, 3.05) is 20.2 Å². The quantitative estimate of drug-likeness (QED) is 0.538. The summed E-state index contributed by atoms with van der Waals surface area (Å²) < 4.78 is 11.1. The second kappa shape index (κ2) is 8.61. The van der Waals surface area contributed by atoms with Crippen LogP contribution in [0, 0.1) is 13.8 Å². The molecule has 2 aliphatic heterocycles. The van der Waals surface area contributed by atoms with Gasteiger partial charge in [-0.3, -0.25) is 9.59 Å². The van der Waals surface area contributed by atoms with Gasteiger partial charge in [-0.05, 0) is 54.8 Å². The van der Waals surface area contributed by atoms with Gasteiger partial charge >= 0.3 is 5.97 Å². The molecular weight excluding hydrogens is 406 g/mol. The van der Waals surface area contributed by atoms with Crippen molar-refractivity contribution < 1.29 is 23.9 Å². The van der Waals surface area contributed by atoms with Crippen molar-refractivity contribution in [3.63, 3.8) is 0 Å². The van der Waals surface area contributed by atoms with Gasteiger partial charge in [0.1, 0.15) is 11.4 Å². The molecule has 166 valence electrons. The molecule has 1 amide bonds. The Bertz CT molecular complexity index is 1090. The Hall–Kier alpha value is -3.41. The van der Waals surface area contributed by atoms with Crippen molar-refractivity contribution in [3.05, 3.63) is 70.3 Å². The number of ketones is 1. The molecule has 0 N–H and O–H groups in total. The van der Waals surface area contributed by atoms with Crippen LogP contribution in [0.5, 0.6) is 5.75 Å². The molecule has 0 aliphatic carbocycles. The Morgan fingerprint density at radius 3 is 2.44 bits per heavy atom. The van der Waals surface area contributed by atoms with E-state index in [4.69, 9.17) is 4.74 Å². The lowest BCUT2D eigenvalue weighted by Gasteiger charge is -2.44. The lowest BCUT2D eigenvalue weighted by molar-refractivity contribution is -0.129. The van der Waals surface area contributed by atoms with Crippen LogP contribution in [0.1, 0.15) is 56.7 Å². The number of esters is 1. The summed E-state index contributed by atoms with van der Waals surface area (Å²) in [7, 11) is 1.34. The zero-order valence-electron chi connectivity index (χ0n) is 18.6. The molecule has 1 saturated heterocycles. The highest BCUT2D eigenvalue weighted by atomic mass is 16.5. The summed E-state index contributed by atoms with van der Waals surface area (Å²) in [5, 5.41) is 0. The number of hydrogen-bond acceptors (Lipinski definition) is 5. The molecular formula is C26H27NO5. The predicted octanol–water partition coefficient (Wildman–Crippen LogP) is 4.13. The Balaban J connectivity index is 1.39. The third-order valence-electron chi connectivity index (χ3n) is 6.26. The highest BCUT2D eigenvalue weighted by molar-refractivity contribution is 6.01. The maximum atomic E-state index is 12.8. The average molecular weight is 434 g/mol. The number of rotatable bonds is 3. The first-order valence-corrected chi connectivity index (χ1v) is 10.8. The molecule has 32 heavy (non-hydrogen) atoms. The van der Waals surface area contributed by atoms with E-state index in [1.54, 1.807) is 41.3 Å². The SMILES string of the molecule is COC(=O)c1ccc(/C=C/C(=O)N2CCC3(CC2)CC(=O)c2cc(C)cc(C)c2O3)cc1. The number of Topliss-reactive ketones (excluding diaryl/α,β-unsaturated/α-hetero) is 1. The molecule has 4 rings (SSSR count). The smallest absolute Gasteiger partial charge is 0.337 e. The van der Waals surface area contributed by atoms with E-state index < -0.39 is 11.6 Å². The topological polar surface area (TPSA) is 72.9 Å². The van der Waals surface area contributed by atoms with E-state index in [1.807, 2.05) is 26.0 Å². The Kier molecular flexibility index (Phi) is 5.87. The summed E-state index contributed by atoms with van der Waals surface area (Å²) >= 11 is 0. The molecule has 2 aromatic carbocycles. The maximum absolute atomic E-state index is 12.8. The minimum atomic E-state index is -0.533. The van der Waals surface area contributed by atoms with Crippen molar-refractivity contribution in [3.8, 4) is 5.75 Å². The van der Waals surface area contributed by atoms with Gasteiger partial charge in [-0.25, -0.2) is 4.79 Å². The molecule has 2 aliphatic rings. The number of ether oxygens (including phenoxy) is 2. The summed E-state index contributed by atoms with van der Waals surface area (Å²) in [5.74, 6) is 0.344. The third-order valence-corrected chi connectivity index (χ3v) is 6.26. The van der Waals surface area contributed by atoms with Crippen LogP contribution >= 0.6 is 0 Å². The van der Waals surface area contributed by atoms with Gasteiger partial charge in [0.05, 0.1) is 24.7 Å². The van der Waals surface area contributed by atoms with Crippen molar-refractivity contribution in [2.24, 2.45) is 0 Å². The normalized spacial score (nSPS) is 17.2. The number of fused-ring (bicyclic) bond motifs is 1. The fraction of sp³-hybridized carbons (Fsp3) is 0.346. The fourth-order valence-electron chi connectivity index (χ4n) is 4.47. The summed E-state index contributed by atoms with van der Waals surface area (Å²) in [4.78, 5) is 38.8. The number of amides is 1. The minimum absolute atomic E-state index is 0.0776. The first-order valence-electron chi connectivity index (χ1n) is 10.8. The van der Waals surface area contributed by atoms with Crippen LogP contribution in [0.25, 0.3) is 6.08 Å². The molecule has 2 aromatic rings. The van der Waals surface area contributed by atoms with Crippen LogP contribution < -0.4 is 4.74 Å². The number of aryl methyl sites for hydroxylation is 2. The number of hydrogen-bond donors (Lipinski definition) is 0. The number of piperidine rings is 1. The van der Waals surface area contributed by atoms with Crippen molar-refractivity contribution in [1.82, 2.24) is 4.90 Å².